The molecule has 0 spiro atoms. The maximum Gasteiger partial charge on any atom is 0.361 e. The fourth-order valence-corrected chi connectivity index (χ4v) is 1.94. The van der Waals surface area contributed by atoms with Gasteiger partial charge in [0, 0.05) is 6.04 Å². The Morgan fingerprint density at radius 3 is 2.68 bits per heavy atom. The highest BCUT2D eigenvalue weighted by atomic mass is 16.5. The number of hydrogen-bond donors (Lipinski definition) is 1. The first-order valence-electron chi connectivity index (χ1n) is 7.09. The van der Waals surface area contributed by atoms with Crippen LogP contribution < -0.4 is 5.32 Å². The number of hydrogen-bond acceptors (Lipinski definition) is 5. The van der Waals surface area contributed by atoms with Gasteiger partial charge in [-0.25, -0.2) is 4.79 Å². The van der Waals surface area contributed by atoms with E-state index >= 15 is 0 Å². The highest BCUT2D eigenvalue weighted by Gasteiger charge is 2.24. The number of aryl methyl sites for hydroxylation is 1. The van der Waals surface area contributed by atoms with Gasteiger partial charge in [0.2, 0.25) is 0 Å². The molecule has 0 aliphatic heterocycles. The van der Waals surface area contributed by atoms with E-state index in [1.165, 1.54) is 4.80 Å². The molecular weight excluding hydrogens is 284 g/mol. The monoisotopic (exact) mass is 300 g/mol. The fraction of sp³-hybridized carbons (Fsp3) is 0.333. The molecule has 0 radical (unpaired) electrons. The summed E-state index contributed by atoms with van der Waals surface area (Å²) in [6, 6.07) is 9.50. The molecule has 0 unspecified atom stereocenters. The number of carbonyl (C=O) groups excluding carboxylic acids is 2. The lowest BCUT2D eigenvalue weighted by atomic mass is 10.3. The molecule has 0 saturated heterocycles. The van der Waals surface area contributed by atoms with Gasteiger partial charge in [-0.05, 0) is 31.9 Å². The summed E-state index contributed by atoms with van der Waals surface area (Å²) < 4.78 is 4.98. The van der Waals surface area contributed by atoms with E-state index in [4.69, 9.17) is 4.74 Å². The number of benzene rings is 1. The second-order valence-electron chi connectivity index (χ2n) is 5.18. The number of esters is 1. The van der Waals surface area contributed by atoms with Gasteiger partial charge in [0.15, 0.2) is 12.3 Å². The van der Waals surface area contributed by atoms with Crippen LogP contribution in [0.15, 0.2) is 30.3 Å². The Bertz CT molecular complexity index is 692. The predicted octanol–water partition coefficient (Wildman–Crippen LogP) is 1.01. The van der Waals surface area contributed by atoms with E-state index < -0.39 is 5.97 Å². The summed E-state index contributed by atoms with van der Waals surface area (Å²) in [5.74, 6) is -0.936. The Labute approximate surface area is 127 Å². The molecule has 1 fully saturated rings. The van der Waals surface area contributed by atoms with Gasteiger partial charge in [0.25, 0.3) is 5.91 Å². The lowest BCUT2D eigenvalue weighted by Gasteiger charge is -2.03. The first kappa shape index (κ1) is 14.2. The molecule has 1 aromatic heterocycles. The molecule has 7 heteroatoms. The van der Waals surface area contributed by atoms with Crippen molar-refractivity contribution >= 4 is 11.9 Å². The molecule has 114 valence electrons. The fourth-order valence-electron chi connectivity index (χ4n) is 1.94. The van der Waals surface area contributed by atoms with E-state index in [-0.39, 0.29) is 24.2 Å². The van der Waals surface area contributed by atoms with Crippen molar-refractivity contribution in [1.29, 1.82) is 0 Å². The minimum absolute atomic E-state index is 0.114. The number of carbonyl (C=O) groups is 2. The van der Waals surface area contributed by atoms with Gasteiger partial charge in [0.05, 0.1) is 11.4 Å². The molecule has 2 aromatic rings. The molecular formula is C15H16N4O3. The molecule has 1 saturated carbocycles. The average molecular weight is 300 g/mol. The lowest BCUT2D eigenvalue weighted by Crippen LogP contribution is -2.30. The molecule has 0 bridgehead atoms. The maximum atomic E-state index is 12.0. The number of para-hydroxylation sites is 1. The van der Waals surface area contributed by atoms with E-state index in [2.05, 4.69) is 15.5 Å². The van der Waals surface area contributed by atoms with Crippen molar-refractivity contribution < 1.29 is 14.3 Å². The summed E-state index contributed by atoms with van der Waals surface area (Å²) in [6.07, 6.45) is 1.98. The first-order chi connectivity index (χ1) is 10.6. The number of amides is 1. The van der Waals surface area contributed by atoms with E-state index in [0.29, 0.717) is 5.69 Å². The van der Waals surface area contributed by atoms with Crippen molar-refractivity contribution in [2.75, 3.05) is 6.61 Å². The van der Waals surface area contributed by atoms with Crippen molar-refractivity contribution in [1.82, 2.24) is 20.3 Å². The van der Waals surface area contributed by atoms with Crippen LogP contribution in [0.3, 0.4) is 0 Å². The smallest absolute Gasteiger partial charge is 0.361 e. The Hall–Kier alpha value is -2.70. The average Bonchev–Trinajstić information content (AvgIpc) is 3.25. The summed E-state index contributed by atoms with van der Waals surface area (Å²) in [4.78, 5) is 24.9. The molecule has 7 nitrogen and oxygen atoms in total. The van der Waals surface area contributed by atoms with Crippen LogP contribution in [0.4, 0.5) is 0 Å². The summed E-state index contributed by atoms with van der Waals surface area (Å²) in [7, 11) is 0. The van der Waals surface area contributed by atoms with Crippen molar-refractivity contribution in [3.63, 3.8) is 0 Å². The van der Waals surface area contributed by atoms with Gasteiger partial charge in [0.1, 0.15) is 0 Å². The van der Waals surface area contributed by atoms with Crippen LogP contribution in [0.1, 0.15) is 29.0 Å². The van der Waals surface area contributed by atoms with E-state index in [0.717, 1.165) is 18.5 Å². The highest BCUT2D eigenvalue weighted by Crippen LogP contribution is 2.18. The minimum atomic E-state index is -0.648. The van der Waals surface area contributed by atoms with Gasteiger partial charge < -0.3 is 10.1 Å². The third-order valence-corrected chi connectivity index (χ3v) is 3.24. The first-order valence-corrected chi connectivity index (χ1v) is 7.09. The van der Waals surface area contributed by atoms with Crippen LogP contribution >= 0.6 is 0 Å². The molecule has 1 N–H and O–H groups in total. The van der Waals surface area contributed by atoms with Crippen molar-refractivity contribution in [2.24, 2.45) is 0 Å². The standard InChI is InChI=1S/C15H16N4O3/c1-10-14(15(21)22-9-13(20)16-11-7-8-11)18-19(17-10)12-5-3-2-4-6-12/h2-6,11H,7-9H2,1H3,(H,16,20). The van der Waals surface area contributed by atoms with Crippen LogP contribution in [0.2, 0.25) is 0 Å². The number of nitrogens with one attached hydrogen (secondary N) is 1. The van der Waals surface area contributed by atoms with Crippen molar-refractivity contribution in [3.05, 3.63) is 41.7 Å². The van der Waals surface area contributed by atoms with Crippen LogP contribution in [-0.4, -0.2) is 39.5 Å². The number of nitrogens with zero attached hydrogens (tertiary/aromatic N) is 3. The number of rotatable bonds is 5. The SMILES string of the molecule is Cc1nn(-c2ccccc2)nc1C(=O)OCC(=O)NC1CC1. The third kappa shape index (κ3) is 3.30. The highest BCUT2D eigenvalue weighted by molar-refractivity contribution is 5.90. The van der Waals surface area contributed by atoms with Crippen molar-refractivity contribution in [3.8, 4) is 5.69 Å². The number of aromatic nitrogens is 3. The zero-order valence-electron chi connectivity index (χ0n) is 12.2. The second-order valence-corrected chi connectivity index (χ2v) is 5.18. The van der Waals surface area contributed by atoms with Gasteiger partial charge in [-0.15, -0.1) is 5.10 Å². The zero-order chi connectivity index (χ0) is 15.5. The van der Waals surface area contributed by atoms with E-state index in [1.54, 1.807) is 6.92 Å². The van der Waals surface area contributed by atoms with Gasteiger partial charge in [-0.1, -0.05) is 18.2 Å². The van der Waals surface area contributed by atoms with Crippen molar-refractivity contribution in [2.45, 2.75) is 25.8 Å². The Morgan fingerprint density at radius 2 is 2.00 bits per heavy atom. The van der Waals surface area contributed by atoms with E-state index in [9.17, 15) is 9.59 Å². The molecule has 1 aromatic carbocycles. The summed E-state index contributed by atoms with van der Waals surface area (Å²) in [5.41, 5.74) is 1.32. The largest absolute Gasteiger partial charge is 0.451 e. The molecule has 3 rings (SSSR count). The Balaban J connectivity index is 1.65. The molecule has 1 aliphatic carbocycles. The second kappa shape index (κ2) is 5.97. The van der Waals surface area contributed by atoms with Gasteiger partial charge >= 0.3 is 5.97 Å². The Kier molecular flexibility index (Phi) is 3.86. The summed E-state index contributed by atoms with van der Waals surface area (Å²) in [5, 5.41) is 11.1. The quantitative estimate of drug-likeness (QED) is 0.833. The third-order valence-electron chi connectivity index (χ3n) is 3.24. The maximum absolute atomic E-state index is 12.0. The van der Waals surface area contributed by atoms with Crippen LogP contribution in [0, 0.1) is 6.92 Å². The topological polar surface area (TPSA) is 86.1 Å². The van der Waals surface area contributed by atoms with Gasteiger partial charge in [-0.2, -0.15) is 9.90 Å². The zero-order valence-corrected chi connectivity index (χ0v) is 12.2. The Morgan fingerprint density at radius 1 is 1.27 bits per heavy atom. The van der Waals surface area contributed by atoms with Crippen LogP contribution in [0.5, 0.6) is 0 Å². The molecule has 0 atom stereocenters. The number of ether oxygens (including phenoxy) is 1. The molecule has 22 heavy (non-hydrogen) atoms. The lowest BCUT2D eigenvalue weighted by molar-refractivity contribution is -0.124. The summed E-state index contributed by atoms with van der Waals surface area (Å²) >= 11 is 0. The molecule has 1 aliphatic rings. The molecule has 1 amide bonds. The van der Waals surface area contributed by atoms with E-state index in [1.807, 2.05) is 30.3 Å². The van der Waals surface area contributed by atoms with Gasteiger partial charge in [-0.3, -0.25) is 4.79 Å². The minimum Gasteiger partial charge on any atom is -0.451 e. The van der Waals surface area contributed by atoms with Crippen LogP contribution in [-0.2, 0) is 9.53 Å². The normalized spacial score (nSPS) is 13.7. The predicted molar refractivity (Wildman–Crippen MR) is 77.5 cm³/mol. The van der Waals surface area contributed by atoms with Crippen LogP contribution in [0.25, 0.3) is 5.69 Å². The summed E-state index contributed by atoms with van der Waals surface area (Å²) in [6.45, 7) is 1.38. The molecule has 1 heterocycles.